The molecule has 2 nitrogen and oxygen atoms in total. The number of ether oxygens (including phenoxy) is 2. The second-order valence-electron chi connectivity index (χ2n) is 15.3. The number of hydrogen-bond donors (Lipinski definition) is 0. The summed E-state index contributed by atoms with van der Waals surface area (Å²) in [5.41, 5.74) is 9.26. The molecule has 0 aromatic heterocycles. The predicted molar refractivity (Wildman–Crippen MR) is 215 cm³/mol. The van der Waals surface area contributed by atoms with Crippen molar-refractivity contribution in [2.24, 2.45) is 0 Å². The molecule has 0 radical (unpaired) electrons. The van der Waals surface area contributed by atoms with Crippen molar-refractivity contribution in [2.75, 3.05) is 0 Å². The smallest absolute Gasteiger partial charge is 0.260 e. The van der Waals surface area contributed by atoms with Crippen LogP contribution < -0.4 is 25.9 Å². The molecule has 0 amide bonds. The maximum Gasteiger partial charge on any atom is 0.260 e. The molecule has 0 spiro atoms. The van der Waals surface area contributed by atoms with E-state index in [1.54, 1.807) is 0 Å². The van der Waals surface area contributed by atoms with E-state index in [1.807, 2.05) is 0 Å². The maximum absolute atomic E-state index is 6.94. The summed E-state index contributed by atoms with van der Waals surface area (Å²) in [6.07, 6.45) is 0. The van der Waals surface area contributed by atoms with E-state index in [-0.39, 0.29) is 12.1 Å². The lowest BCUT2D eigenvalue weighted by molar-refractivity contribution is 0.458. The summed E-state index contributed by atoms with van der Waals surface area (Å²) in [4.78, 5) is 0. The fraction of sp³-hybridized carbons (Fsp3) is 0.0833. The van der Waals surface area contributed by atoms with E-state index in [4.69, 9.17) is 9.47 Å². The average Bonchev–Trinajstić information content (AvgIpc) is 3.16. The summed E-state index contributed by atoms with van der Waals surface area (Å²) in [6.45, 7) is 6.72. The Morgan fingerprint density at radius 1 is 0.412 bits per heavy atom. The Labute approximate surface area is 297 Å². The lowest BCUT2D eigenvalue weighted by Crippen LogP contribution is -2.57. The van der Waals surface area contributed by atoms with Crippen LogP contribution in [0.5, 0.6) is 23.0 Å². The van der Waals surface area contributed by atoms with E-state index in [9.17, 15) is 0 Å². The van der Waals surface area contributed by atoms with Crippen molar-refractivity contribution in [2.45, 2.75) is 26.2 Å². The van der Waals surface area contributed by atoms with Crippen molar-refractivity contribution < 1.29 is 9.47 Å². The summed E-state index contributed by atoms with van der Waals surface area (Å²) in [6, 6.07) is 53.3. The molecule has 11 rings (SSSR count). The zero-order valence-corrected chi connectivity index (χ0v) is 28.8. The van der Waals surface area contributed by atoms with Crippen molar-refractivity contribution in [3.8, 4) is 45.3 Å². The zero-order chi connectivity index (χ0) is 34.0. The summed E-state index contributed by atoms with van der Waals surface area (Å²) in [5.74, 6) is 3.57. The van der Waals surface area contributed by atoms with Crippen LogP contribution in [-0.2, 0) is 5.41 Å². The van der Waals surface area contributed by atoms with Gasteiger partial charge in [0.2, 0.25) is 0 Å². The fourth-order valence-corrected chi connectivity index (χ4v) is 8.74. The molecular weight excluding hydrogens is 619 g/mol. The Kier molecular flexibility index (Phi) is 5.78. The highest BCUT2D eigenvalue weighted by molar-refractivity contribution is 6.98. The van der Waals surface area contributed by atoms with Crippen LogP contribution in [0.3, 0.4) is 0 Å². The Balaban J connectivity index is 1.13. The Morgan fingerprint density at radius 3 is 1.76 bits per heavy atom. The second-order valence-corrected chi connectivity index (χ2v) is 15.3. The molecule has 0 saturated heterocycles. The van der Waals surface area contributed by atoms with Gasteiger partial charge in [0.25, 0.3) is 6.71 Å². The van der Waals surface area contributed by atoms with Gasteiger partial charge in [-0.25, -0.2) is 0 Å². The van der Waals surface area contributed by atoms with Crippen LogP contribution in [0, 0.1) is 0 Å². The van der Waals surface area contributed by atoms with Crippen LogP contribution in [0.4, 0.5) is 0 Å². The summed E-state index contributed by atoms with van der Waals surface area (Å²) in [5, 5.41) is 10.4. The molecule has 0 bridgehead atoms. The average molecular weight is 653 g/mol. The molecule has 3 heteroatoms. The quantitative estimate of drug-likeness (QED) is 0.105. The van der Waals surface area contributed by atoms with Gasteiger partial charge in [-0.15, -0.1) is 0 Å². The molecule has 2 aliphatic rings. The molecule has 0 N–H and O–H groups in total. The van der Waals surface area contributed by atoms with Gasteiger partial charge in [-0.1, -0.05) is 130 Å². The van der Waals surface area contributed by atoms with Gasteiger partial charge >= 0.3 is 0 Å². The lowest BCUT2D eigenvalue weighted by atomic mass is 9.34. The minimum Gasteiger partial charge on any atom is -0.458 e. The molecule has 2 heterocycles. The van der Waals surface area contributed by atoms with Gasteiger partial charge in [0, 0.05) is 5.46 Å². The molecule has 0 unspecified atom stereocenters. The monoisotopic (exact) mass is 652 g/mol. The SMILES string of the molecule is CC(C)(C)c1cc2c3c(c1)Oc1ccc(-c4ccccc4)cc1B3c1ccc(-c3cc4cccc5c6cccc7cccc(c(c3)c45)c76)cc1O2. The highest BCUT2D eigenvalue weighted by Gasteiger charge is 2.41. The molecule has 9 aromatic rings. The normalized spacial score (nSPS) is 13.3. The van der Waals surface area contributed by atoms with Crippen molar-refractivity contribution in [3.63, 3.8) is 0 Å². The van der Waals surface area contributed by atoms with Crippen molar-refractivity contribution in [1.82, 2.24) is 0 Å². The molecule has 9 aromatic carbocycles. The molecule has 0 fully saturated rings. The van der Waals surface area contributed by atoms with E-state index in [1.165, 1.54) is 70.8 Å². The minimum atomic E-state index is -0.0693. The molecule has 2 aliphatic heterocycles. The first-order valence-electron chi connectivity index (χ1n) is 17.9. The molecule has 0 atom stereocenters. The van der Waals surface area contributed by atoms with Gasteiger partial charge in [-0.05, 0) is 124 Å². The molecule has 240 valence electrons. The van der Waals surface area contributed by atoms with Crippen LogP contribution in [0.2, 0.25) is 0 Å². The first-order chi connectivity index (χ1) is 24.9. The Morgan fingerprint density at radius 2 is 1.04 bits per heavy atom. The van der Waals surface area contributed by atoms with Crippen LogP contribution >= 0.6 is 0 Å². The topological polar surface area (TPSA) is 18.5 Å². The van der Waals surface area contributed by atoms with E-state index in [0.29, 0.717) is 0 Å². The third-order valence-electron chi connectivity index (χ3n) is 11.2. The van der Waals surface area contributed by atoms with Crippen molar-refractivity contribution in [1.29, 1.82) is 0 Å². The van der Waals surface area contributed by atoms with E-state index in [0.717, 1.165) is 39.5 Å². The molecule has 0 saturated carbocycles. The first-order valence-corrected chi connectivity index (χ1v) is 17.9. The number of rotatable bonds is 2. The standard InChI is InChI=1S/C48H33BO2/c1-48(2,3)34-26-43-47-44(27-34)51-42-25-31(18-20-39(42)49(47)40-24-30(19-21-41(40)50-43)28-10-5-4-6-11-28)33-22-32-14-9-16-36-35-15-7-12-29-13-8-17-37(45(29)35)38(23-33)46(32)36/h4-27H,1-3H3. The summed E-state index contributed by atoms with van der Waals surface area (Å²) >= 11 is 0. The van der Waals surface area contributed by atoms with Crippen LogP contribution in [0.1, 0.15) is 26.3 Å². The van der Waals surface area contributed by atoms with Crippen molar-refractivity contribution >= 4 is 66.2 Å². The van der Waals surface area contributed by atoms with Gasteiger partial charge in [-0.3, -0.25) is 0 Å². The molecular formula is C48H33BO2. The number of fused-ring (bicyclic) bond motifs is 6. The Bertz CT molecular complexity index is 2890. The van der Waals surface area contributed by atoms with Gasteiger partial charge in [0.1, 0.15) is 23.0 Å². The third-order valence-corrected chi connectivity index (χ3v) is 11.2. The lowest BCUT2D eigenvalue weighted by Gasteiger charge is -2.35. The highest BCUT2D eigenvalue weighted by Crippen LogP contribution is 2.44. The maximum atomic E-state index is 6.94. The minimum absolute atomic E-state index is 0.0105. The molecule has 0 aliphatic carbocycles. The Hall–Kier alpha value is -6.06. The fourth-order valence-electron chi connectivity index (χ4n) is 8.74. The van der Waals surface area contributed by atoms with Crippen LogP contribution in [0.15, 0.2) is 146 Å². The molecule has 51 heavy (non-hydrogen) atoms. The van der Waals surface area contributed by atoms with Crippen LogP contribution in [0.25, 0.3) is 65.3 Å². The zero-order valence-electron chi connectivity index (χ0n) is 28.8. The highest BCUT2D eigenvalue weighted by atomic mass is 16.5. The van der Waals surface area contributed by atoms with E-state index in [2.05, 4.69) is 166 Å². The van der Waals surface area contributed by atoms with Gasteiger partial charge < -0.3 is 9.47 Å². The summed E-state index contributed by atoms with van der Waals surface area (Å²) in [7, 11) is 0. The van der Waals surface area contributed by atoms with Crippen LogP contribution in [-0.4, -0.2) is 6.71 Å². The largest absolute Gasteiger partial charge is 0.458 e. The summed E-state index contributed by atoms with van der Waals surface area (Å²) < 4.78 is 13.6. The van der Waals surface area contributed by atoms with Gasteiger partial charge in [-0.2, -0.15) is 0 Å². The number of benzene rings is 9. The third kappa shape index (κ3) is 4.18. The predicted octanol–water partition coefficient (Wildman–Crippen LogP) is 11.1. The van der Waals surface area contributed by atoms with E-state index >= 15 is 0 Å². The van der Waals surface area contributed by atoms with Gasteiger partial charge in [0.05, 0.1) is 0 Å². The second kappa shape index (κ2) is 10.2. The van der Waals surface area contributed by atoms with Gasteiger partial charge in [0.15, 0.2) is 0 Å². The number of hydrogen-bond acceptors (Lipinski definition) is 2. The van der Waals surface area contributed by atoms with Crippen molar-refractivity contribution in [3.05, 3.63) is 151 Å². The van der Waals surface area contributed by atoms with E-state index < -0.39 is 0 Å². The first kappa shape index (κ1) is 28.8.